The molecular weight excluding hydrogens is 270 g/mol. The Labute approximate surface area is 122 Å². The number of anilines is 1. The monoisotopic (exact) mass is 287 g/mol. The number of carboxylic acid groups (broad SMARTS) is 1. The molecule has 1 aliphatic heterocycles. The van der Waals surface area contributed by atoms with Gasteiger partial charge < -0.3 is 20.4 Å². The van der Waals surface area contributed by atoms with Crippen LogP contribution in [-0.2, 0) is 0 Å². The van der Waals surface area contributed by atoms with Gasteiger partial charge in [-0.15, -0.1) is 0 Å². The molecule has 1 fully saturated rings. The average Bonchev–Trinajstić information content (AvgIpc) is 2.46. The quantitative estimate of drug-likeness (QED) is 0.788. The van der Waals surface area contributed by atoms with E-state index < -0.39 is 6.09 Å². The molecule has 2 aromatic rings. The van der Waals surface area contributed by atoms with E-state index in [-0.39, 0.29) is 11.8 Å². The number of aromatic hydroxyl groups is 1. The molecule has 1 aliphatic rings. The Morgan fingerprint density at radius 1 is 1.38 bits per heavy atom. The van der Waals surface area contributed by atoms with Crippen LogP contribution in [0.15, 0.2) is 30.5 Å². The number of pyridine rings is 1. The summed E-state index contributed by atoms with van der Waals surface area (Å²) in [5.74, 6) is 0.213. The fourth-order valence-corrected chi connectivity index (χ4v) is 2.78. The Balaban J connectivity index is 1.83. The molecule has 2 heterocycles. The molecule has 0 aliphatic carbocycles. The Bertz CT molecular complexity index is 674. The minimum Gasteiger partial charge on any atom is -0.508 e. The lowest BCUT2D eigenvalue weighted by Crippen LogP contribution is -2.47. The highest BCUT2D eigenvalue weighted by Crippen LogP contribution is 2.25. The Hall–Kier alpha value is -2.50. The van der Waals surface area contributed by atoms with E-state index in [1.54, 1.807) is 24.4 Å². The van der Waals surface area contributed by atoms with E-state index in [0.29, 0.717) is 6.54 Å². The van der Waals surface area contributed by atoms with Gasteiger partial charge in [0.05, 0.1) is 17.4 Å². The number of phenolic OH excluding ortho intramolecular Hbond substituents is 1. The molecule has 21 heavy (non-hydrogen) atoms. The van der Waals surface area contributed by atoms with Crippen LogP contribution in [0.3, 0.4) is 0 Å². The third kappa shape index (κ3) is 2.99. The van der Waals surface area contributed by atoms with Gasteiger partial charge in [-0.3, -0.25) is 4.98 Å². The van der Waals surface area contributed by atoms with Crippen molar-refractivity contribution in [2.24, 2.45) is 0 Å². The first-order chi connectivity index (χ1) is 10.1. The number of amides is 1. The second-order valence-corrected chi connectivity index (χ2v) is 5.31. The minimum absolute atomic E-state index is 0.0591. The molecule has 0 spiro atoms. The molecule has 1 amide bonds. The maximum atomic E-state index is 10.8. The van der Waals surface area contributed by atoms with E-state index in [4.69, 9.17) is 5.11 Å². The highest BCUT2D eigenvalue weighted by Gasteiger charge is 2.21. The second-order valence-electron chi connectivity index (χ2n) is 5.31. The molecule has 0 saturated carbocycles. The summed E-state index contributed by atoms with van der Waals surface area (Å²) < 4.78 is 0. The van der Waals surface area contributed by atoms with Gasteiger partial charge in [0.25, 0.3) is 0 Å². The number of nitrogens with one attached hydrogen (secondary N) is 1. The largest absolute Gasteiger partial charge is 0.508 e. The lowest BCUT2D eigenvalue weighted by Gasteiger charge is -2.34. The van der Waals surface area contributed by atoms with E-state index in [2.05, 4.69) is 15.2 Å². The highest BCUT2D eigenvalue weighted by atomic mass is 16.4. The molecule has 1 atom stereocenters. The summed E-state index contributed by atoms with van der Waals surface area (Å²) in [6, 6.07) is 6.99. The summed E-state index contributed by atoms with van der Waals surface area (Å²) in [5.41, 5.74) is 1.78. The molecule has 3 N–H and O–H groups in total. The summed E-state index contributed by atoms with van der Waals surface area (Å²) in [5, 5.41) is 21.8. The predicted molar refractivity (Wildman–Crippen MR) is 79.8 cm³/mol. The van der Waals surface area contributed by atoms with Crippen LogP contribution in [-0.4, -0.2) is 40.4 Å². The van der Waals surface area contributed by atoms with Gasteiger partial charge in [-0.1, -0.05) is 0 Å². The average molecular weight is 287 g/mol. The summed E-state index contributed by atoms with van der Waals surface area (Å²) in [7, 11) is 0. The van der Waals surface area contributed by atoms with Gasteiger partial charge in [-0.25, -0.2) is 4.79 Å². The maximum absolute atomic E-state index is 10.8. The van der Waals surface area contributed by atoms with Crippen molar-refractivity contribution in [3.8, 4) is 5.75 Å². The van der Waals surface area contributed by atoms with Gasteiger partial charge in [0.2, 0.25) is 0 Å². The molecule has 1 aromatic carbocycles. The molecule has 6 nitrogen and oxygen atoms in total. The molecule has 0 bridgehead atoms. The summed E-state index contributed by atoms with van der Waals surface area (Å²) in [4.78, 5) is 17.3. The first-order valence-electron chi connectivity index (χ1n) is 6.95. The summed E-state index contributed by atoms with van der Waals surface area (Å²) in [6.45, 7) is 1.52. The fraction of sp³-hybridized carbons (Fsp3) is 0.333. The molecule has 1 saturated heterocycles. The number of hydrogen-bond acceptors (Lipinski definition) is 4. The number of nitrogens with zero attached hydrogens (tertiary/aromatic N) is 2. The SMILES string of the molecule is O=C(O)NC1CCCN(c2cnc3ccc(O)cc3c2)C1. The van der Waals surface area contributed by atoms with E-state index in [1.807, 2.05) is 6.07 Å². The molecule has 6 heteroatoms. The van der Waals surface area contributed by atoms with Gasteiger partial charge in [-0.05, 0) is 37.1 Å². The van der Waals surface area contributed by atoms with Crippen LogP contribution in [0, 0.1) is 0 Å². The van der Waals surface area contributed by atoms with Crippen molar-refractivity contribution in [3.63, 3.8) is 0 Å². The van der Waals surface area contributed by atoms with Gasteiger partial charge in [0, 0.05) is 24.5 Å². The van der Waals surface area contributed by atoms with E-state index in [1.165, 1.54) is 0 Å². The van der Waals surface area contributed by atoms with Crippen molar-refractivity contribution in [3.05, 3.63) is 30.5 Å². The minimum atomic E-state index is -0.983. The van der Waals surface area contributed by atoms with Crippen LogP contribution >= 0.6 is 0 Å². The van der Waals surface area contributed by atoms with Crippen molar-refractivity contribution in [2.45, 2.75) is 18.9 Å². The smallest absolute Gasteiger partial charge is 0.404 e. The number of fused-ring (bicyclic) bond motifs is 1. The number of hydrogen-bond donors (Lipinski definition) is 3. The topological polar surface area (TPSA) is 85.7 Å². The fourth-order valence-electron chi connectivity index (χ4n) is 2.78. The first kappa shape index (κ1) is 13.5. The third-order valence-corrected chi connectivity index (χ3v) is 3.76. The van der Waals surface area contributed by atoms with Crippen molar-refractivity contribution in [2.75, 3.05) is 18.0 Å². The molecule has 3 rings (SSSR count). The molecule has 110 valence electrons. The Morgan fingerprint density at radius 2 is 2.24 bits per heavy atom. The van der Waals surface area contributed by atoms with Gasteiger partial charge >= 0.3 is 6.09 Å². The summed E-state index contributed by atoms with van der Waals surface area (Å²) >= 11 is 0. The first-order valence-corrected chi connectivity index (χ1v) is 6.95. The second kappa shape index (κ2) is 5.47. The number of aromatic nitrogens is 1. The van der Waals surface area contributed by atoms with Crippen LogP contribution in [0.2, 0.25) is 0 Å². The van der Waals surface area contributed by atoms with Crippen LogP contribution in [0.4, 0.5) is 10.5 Å². The van der Waals surface area contributed by atoms with Crippen molar-refractivity contribution in [1.82, 2.24) is 10.3 Å². The van der Waals surface area contributed by atoms with Gasteiger partial charge in [0.1, 0.15) is 5.75 Å². The van der Waals surface area contributed by atoms with E-state index in [0.717, 1.165) is 36.0 Å². The van der Waals surface area contributed by atoms with E-state index in [9.17, 15) is 9.90 Å². The zero-order valence-corrected chi connectivity index (χ0v) is 11.5. The lowest BCUT2D eigenvalue weighted by molar-refractivity contribution is 0.188. The van der Waals surface area contributed by atoms with Crippen LogP contribution in [0.25, 0.3) is 10.9 Å². The Kier molecular flexibility index (Phi) is 3.51. The molecular formula is C15H17N3O3. The third-order valence-electron chi connectivity index (χ3n) is 3.76. The number of piperidine rings is 1. The van der Waals surface area contributed by atoms with Crippen molar-refractivity contribution >= 4 is 22.7 Å². The standard InChI is InChI=1S/C15H17N3O3/c19-13-3-4-14-10(7-13)6-12(8-16-14)18-5-1-2-11(9-18)17-15(20)21/h3-4,6-8,11,17,19H,1-2,5,9H2,(H,20,21). The highest BCUT2D eigenvalue weighted by molar-refractivity contribution is 5.83. The number of carbonyl (C=O) groups is 1. The predicted octanol–water partition coefficient (Wildman–Crippen LogP) is 2.18. The van der Waals surface area contributed by atoms with Crippen LogP contribution in [0.5, 0.6) is 5.75 Å². The van der Waals surface area contributed by atoms with Crippen molar-refractivity contribution < 1.29 is 15.0 Å². The number of phenols is 1. The molecule has 1 unspecified atom stereocenters. The number of benzene rings is 1. The molecule has 0 radical (unpaired) electrons. The Morgan fingerprint density at radius 3 is 3.05 bits per heavy atom. The van der Waals surface area contributed by atoms with Gasteiger partial charge in [-0.2, -0.15) is 0 Å². The van der Waals surface area contributed by atoms with E-state index >= 15 is 0 Å². The van der Waals surface area contributed by atoms with Crippen LogP contribution in [0.1, 0.15) is 12.8 Å². The van der Waals surface area contributed by atoms with Gasteiger partial charge in [0.15, 0.2) is 0 Å². The lowest BCUT2D eigenvalue weighted by atomic mass is 10.0. The van der Waals surface area contributed by atoms with Crippen LogP contribution < -0.4 is 10.2 Å². The van der Waals surface area contributed by atoms with Crippen molar-refractivity contribution in [1.29, 1.82) is 0 Å². The zero-order valence-electron chi connectivity index (χ0n) is 11.5. The number of rotatable bonds is 2. The molecule has 1 aromatic heterocycles. The summed E-state index contributed by atoms with van der Waals surface area (Å²) in [6.07, 6.45) is 2.60. The normalized spacial score (nSPS) is 18.7. The maximum Gasteiger partial charge on any atom is 0.404 e. The zero-order chi connectivity index (χ0) is 14.8.